The maximum atomic E-state index is 7.09. The molecule has 26 heavy (non-hydrogen) atoms. The minimum Gasteiger partial charge on any atom is -0.340 e. The molecule has 1 aliphatic heterocycles. The first kappa shape index (κ1) is 15.0. The predicted molar refractivity (Wildman–Crippen MR) is 101 cm³/mol. The molecule has 0 aliphatic carbocycles. The zero-order chi connectivity index (χ0) is 17.7. The Morgan fingerprint density at radius 2 is 1.88 bits per heavy atom. The van der Waals surface area contributed by atoms with Crippen molar-refractivity contribution < 1.29 is 0 Å². The molecule has 0 amide bonds. The van der Waals surface area contributed by atoms with E-state index in [1.165, 1.54) is 0 Å². The number of tetrazole rings is 1. The summed E-state index contributed by atoms with van der Waals surface area (Å²) in [5.74, 6) is 0.718. The average Bonchev–Trinajstić information content (AvgIpc) is 3.27. The Bertz CT molecular complexity index is 1180. The van der Waals surface area contributed by atoms with Crippen molar-refractivity contribution in [3.05, 3.63) is 76.2 Å². The van der Waals surface area contributed by atoms with Gasteiger partial charge < -0.3 is 4.57 Å². The van der Waals surface area contributed by atoms with E-state index in [9.17, 15) is 0 Å². The lowest BCUT2D eigenvalue weighted by molar-refractivity contribution is 0.777. The van der Waals surface area contributed by atoms with Crippen molar-refractivity contribution in [2.24, 2.45) is 0 Å². The Kier molecular flexibility index (Phi) is 3.27. The molecule has 0 saturated heterocycles. The molecule has 3 heterocycles. The third-order valence-electron chi connectivity index (χ3n) is 4.54. The lowest BCUT2D eigenvalue weighted by Gasteiger charge is -2.08. The summed E-state index contributed by atoms with van der Waals surface area (Å²) >= 11 is 3.55. The fraction of sp³-hybridized carbons (Fsp3) is 0.0526. The first-order chi connectivity index (χ1) is 12.7. The van der Waals surface area contributed by atoms with E-state index in [1.807, 2.05) is 36.4 Å². The average molecular weight is 403 g/mol. The maximum Gasteiger partial charge on any atom is 0.203 e. The van der Waals surface area contributed by atoms with E-state index >= 15 is 0 Å². The van der Waals surface area contributed by atoms with Crippen LogP contribution in [0.3, 0.4) is 0 Å². The monoisotopic (exact) mass is 402 g/mol. The largest absolute Gasteiger partial charge is 0.340 e. The van der Waals surface area contributed by atoms with Gasteiger partial charge in [-0.2, -0.15) is 4.68 Å². The molecule has 0 spiro atoms. The summed E-state index contributed by atoms with van der Waals surface area (Å²) in [4.78, 5) is 3.45. The van der Waals surface area contributed by atoms with Crippen molar-refractivity contribution in [3.63, 3.8) is 0 Å². The van der Waals surface area contributed by atoms with Gasteiger partial charge in [-0.25, -0.2) is 4.85 Å². The second kappa shape index (κ2) is 5.64. The van der Waals surface area contributed by atoms with Crippen LogP contribution >= 0.6 is 15.9 Å². The topological polar surface area (TPSA) is 52.9 Å². The summed E-state index contributed by atoms with van der Waals surface area (Å²) in [5, 5.41) is 12.3. The van der Waals surface area contributed by atoms with Crippen LogP contribution in [-0.2, 0) is 6.54 Å². The number of aromatic nitrogens is 5. The van der Waals surface area contributed by atoms with Gasteiger partial charge in [-0.05, 0) is 45.8 Å². The fourth-order valence-electron chi connectivity index (χ4n) is 3.29. The zero-order valence-electron chi connectivity index (χ0n) is 13.5. The van der Waals surface area contributed by atoms with Crippen LogP contribution in [0.1, 0.15) is 5.56 Å². The van der Waals surface area contributed by atoms with Crippen LogP contribution in [0.5, 0.6) is 0 Å². The molecule has 0 N–H and O–H groups in total. The highest BCUT2D eigenvalue weighted by Gasteiger charge is 2.23. The van der Waals surface area contributed by atoms with Crippen LogP contribution in [0.25, 0.3) is 33.2 Å². The molecule has 0 atom stereocenters. The van der Waals surface area contributed by atoms with Gasteiger partial charge >= 0.3 is 0 Å². The molecule has 4 aromatic rings. The van der Waals surface area contributed by atoms with Crippen LogP contribution in [-0.4, -0.2) is 24.8 Å². The number of benzene rings is 2. The lowest BCUT2D eigenvalue weighted by atomic mass is 10.1. The minimum atomic E-state index is 0.636. The Morgan fingerprint density at radius 3 is 2.69 bits per heavy atom. The zero-order valence-corrected chi connectivity index (χ0v) is 15.1. The predicted octanol–water partition coefficient (Wildman–Crippen LogP) is 4.47. The van der Waals surface area contributed by atoms with Crippen molar-refractivity contribution >= 4 is 21.6 Å². The van der Waals surface area contributed by atoms with E-state index in [4.69, 9.17) is 6.57 Å². The number of hydrogen-bond donors (Lipinski definition) is 0. The van der Waals surface area contributed by atoms with Gasteiger partial charge in [-0.1, -0.05) is 40.2 Å². The van der Waals surface area contributed by atoms with Gasteiger partial charge in [0.05, 0.1) is 18.0 Å². The van der Waals surface area contributed by atoms with Gasteiger partial charge in [0.25, 0.3) is 0 Å². The molecule has 124 valence electrons. The summed E-state index contributed by atoms with van der Waals surface area (Å²) < 4.78 is 4.97. The van der Waals surface area contributed by atoms with Crippen LogP contribution in [0, 0.1) is 6.57 Å². The number of halogens is 1. The van der Waals surface area contributed by atoms with Gasteiger partial charge in [-0.3, -0.25) is 0 Å². The van der Waals surface area contributed by atoms with Crippen LogP contribution in [0.2, 0.25) is 0 Å². The highest BCUT2D eigenvalue weighted by Crippen LogP contribution is 2.34. The van der Waals surface area contributed by atoms with Crippen molar-refractivity contribution in [2.75, 3.05) is 0 Å². The standard InChI is InChI=1S/C19H11BrN6/c1-21-16-5-2-12(3-6-16)13-9-18-19-22-23-24-26(19)17-7-4-15(20)8-14(17)11-25(18)10-13/h2-10H,11H2. The third-order valence-corrected chi connectivity index (χ3v) is 5.03. The summed E-state index contributed by atoms with van der Waals surface area (Å²) in [6.45, 7) is 7.81. The first-order valence-electron chi connectivity index (χ1n) is 7.98. The molecular weight excluding hydrogens is 392 g/mol. The first-order valence-corrected chi connectivity index (χ1v) is 8.78. The summed E-state index contributed by atoms with van der Waals surface area (Å²) in [5.41, 5.74) is 5.86. The second-order valence-electron chi connectivity index (χ2n) is 6.09. The molecule has 0 fully saturated rings. The van der Waals surface area contributed by atoms with E-state index in [0.717, 1.165) is 44.9 Å². The van der Waals surface area contributed by atoms with E-state index in [-0.39, 0.29) is 0 Å². The molecule has 0 saturated carbocycles. The summed E-state index contributed by atoms with van der Waals surface area (Å²) in [7, 11) is 0. The Balaban J connectivity index is 1.68. The molecule has 5 rings (SSSR count). The molecule has 1 aliphatic rings. The molecule has 6 nitrogen and oxygen atoms in total. The SMILES string of the molecule is [C-]#[N+]c1ccc(-c2cc3n(c2)Cc2cc(Br)ccc2-n2nnnc2-3)cc1. The Morgan fingerprint density at radius 1 is 1.04 bits per heavy atom. The molecule has 0 bridgehead atoms. The summed E-state index contributed by atoms with van der Waals surface area (Å²) in [6.07, 6.45) is 2.11. The minimum absolute atomic E-state index is 0.636. The van der Waals surface area contributed by atoms with Gasteiger partial charge in [0.2, 0.25) is 5.82 Å². The highest BCUT2D eigenvalue weighted by atomic mass is 79.9. The molecular formula is C19H11BrN6. The fourth-order valence-corrected chi connectivity index (χ4v) is 3.70. The molecule has 2 aromatic carbocycles. The normalized spacial score (nSPS) is 11.8. The van der Waals surface area contributed by atoms with Crippen molar-refractivity contribution in [2.45, 2.75) is 6.54 Å². The number of nitrogens with zero attached hydrogens (tertiary/aromatic N) is 6. The summed E-state index contributed by atoms with van der Waals surface area (Å²) in [6, 6.07) is 15.8. The quantitative estimate of drug-likeness (QED) is 0.388. The van der Waals surface area contributed by atoms with E-state index in [1.54, 1.807) is 4.68 Å². The van der Waals surface area contributed by atoms with Gasteiger partial charge in [-0.15, -0.1) is 5.10 Å². The van der Waals surface area contributed by atoms with Gasteiger partial charge in [0.1, 0.15) is 0 Å². The van der Waals surface area contributed by atoms with Gasteiger partial charge in [0.15, 0.2) is 5.69 Å². The second-order valence-corrected chi connectivity index (χ2v) is 7.00. The number of fused-ring (bicyclic) bond motifs is 5. The molecule has 2 aromatic heterocycles. The van der Waals surface area contributed by atoms with Gasteiger partial charge in [0, 0.05) is 22.8 Å². The van der Waals surface area contributed by atoms with Crippen LogP contribution in [0.4, 0.5) is 5.69 Å². The van der Waals surface area contributed by atoms with Crippen molar-refractivity contribution in [1.29, 1.82) is 0 Å². The third kappa shape index (κ3) is 2.27. The van der Waals surface area contributed by atoms with Crippen molar-refractivity contribution in [3.8, 4) is 28.3 Å². The number of hydrogen-bond acceptors (Lipinski definition) is 3. The Labute approximate surface area is 157 Å². The van der Waals surface area contributed by atoms with Crippen molar-refractivity contribution in [1.82, 2.24) is 24.8 Å². The van der Waals surface area contributed by atoms with E-state index < -0.39 is 0 Å². The van der Waals surface area contributed by atoms with Crippen LogP contribution < -0.4 is 0 Å². The van der Waals surface area contributed by atoms with E-state index in [0.29, 0.717) is 5.69 Å². The maximum absolute atomic E-state index is 7.09. The van der Waals surface area contributed by atoms with E-state index in [2.05, 4.69) is 59.2 Å². The van der Waals surface area contributed by atoms with Crippen LogP contribution in [0.15, 0.2) is 59.2 Å². The Hall–Kier alpha value is -3.24. The molecule has 0 radical (unpaired) electrons. The smallest absolute Gasteiger partial charge is 0.203 e. The highest BCUT2D eigenvalue weighted by molar-refractivity contribution is 9.10. The molecule has 7 heteroatoms. The lowest BCUT2D eigenvalue weighted by Crippen LogP contribution is -2.01. The number of rotatable bonds is 1. The molecule has 0 unspecified atom stereocenters.